The third-order valence-electron chi connectivity index (χ3n) is 7.65. The van der Waals surface area contributed by atoms with Crippen LogP contribution in [0.5, 0.6) is 0 Å². The van der Waals surface area contributed by atoms with E-state index in [4.69, 9.17) is 4.98 Å². The molecule has 0 bridgehead atoms. The third kappa shape index (κ3) is 3.83. The van der Waals surface area contributed by atoms with E-state index in [9.17, 15) is 10.1 Å². The highest BCUT2D eigenvalue weighted by Gasteiger charge is 2.40. The Balaban J connectivity index is 1.26. The minimum Gasteiger partial charge on any atom is -0.368 e. The Morgan fingerprint density at radius 3 is 2.74 bits per heavy atom. The predicted molar refractivity (Wildman–Crippen MR) is 137 cm³/mol. The molecule has 9 heteroatoms. The number of benzene rings is 1. The number of carbonyl (C=O) groups excluding carboxylic acids is 1. The number of aromatic nitrogens is 2. The van der Waals surface area contributed by atoms with Gasteiger partial charge in [0, 0.05) is 69.1 Å². The van der Waals surface area contributed by atoms with Crippen molar-refractivity contribution in [3.63, 3.8) is 0 Å². The van der Waals surface area contributed by atoms with Crippen LogP contribution in [0.3, 0.4) is 0 Å². The Labute approximate surface area is 206 Å². The highest BCUT2D eigenvalue weighted by atomic mass is 16.1. The van der Waals surface area contributed by atoms with Gasteiger partial charge in [-0.2, -0.15) is 5.26 Å². The first-order valence-corrected chi connectivity index (χ1v) is 12.2. The van der Waals surface area contributed by atoms with Gasteiger partial charge in [-0.05, 0) is 42.8 Å². The molecule has 2 atom stereocenters. The number of nitriles is 1. The summed E-state index contributed by atoms with van der Waals surface area (Å²) in [5.41, 5.74) is 5.01. The molecule has 35 heavy (non-hydrogen) atoms. The molecule has 1 radical (unpaired) electrons. The zero-order valence-electron chi connectivity index (χ0n) is 19.8. The molecule has 3 aliphatic heterocycles. The van der Waals surface area contributed by atoms with Crippen molar-refractivity contribution in [1.82, 2.24) is 19.7 Å². The Bertz CT molecular complexity index is 1320. The smallest absolute Gasteiger partial charge is 0.293 e. The first-order chi connectivity index (χ1) is 17.2. The number of piperazine rings is 2. The molecule has 175 valence electrons. The second-order valence-corrected chi connectivity index (χ2v) is 9.60. The van der Waals surface area contributed by atoms with Gasteiger partial charge >= 0.3 is 0 Å². The normalized spacial score (nSPS) is 22.5. The summed E-state index contributed by atoms with van der Waals surface area (Å²) in [6.07, 6.45) is 2.62. The maximum atomic E-state index is 10.8. The molecule has 0 spiro atoms. The van der Waals surface area contributed by atoms with E-state index in [-0.39, 0.29) is 6.04 Å². The Morgan fingerprint density at radius 2 is 1.94 bits per heavy atom. The van der Waals surface area contributed by atoms with Crippen molar-refractivity contribution in [3.8, 4) is 6.07 Å². The second-order valence-electron chi connectivity index (χ2n) is 9.60. The van der Waals surface area contributed by atoms with Crippen molar-refractivity contribution < 1.29 is 4.79 Å². The molecule has 2 aromatic heterocycles. The summed E-state index contributed by atoms with van der Waals surface area (Å²) in [7, 11) is 1.63. The van der Waals surface area contributed by atoms with Gasteiger partial charge in [-0.25, -0.2) is 4.98 Å². The van der Waals surface area contributed by atoms with E-state index in [2.05, 4.69) is 61.8 Å². The van der Waals surface area contributed by atoms with Crippen LogP contribution in [-0.4, -0.2) is 78.6 Å². The molecule has 6 rings (SSSR count). The zero-order valence-corrected chi connectivity index (χ0v) is 19.8. The largest absolute Gasteiger partial charge is 0.368 e. The molecule has 2 fully saturated rings. The van der Waals surface area contributed by atoms with Crippen molar-refractivity contribution in [2.45, 2.75) is 25.6 Å². The summed E-state index contributed by atoms with van der Waals surface area (Å²) < 4.78 is 0. The lowest BCUT2D eigenvalue weighted by Gasteiger charge is -2.43. The van der Waals surface area contributed by atoms with Crippen molar-refractivity contribution >= 4 is 36.0 Å². The number of nitrogens with zero attached hydrogens (tertiary/aromatic N) is 7. The quantitative estimate of drug-likeness (QED) is 0.430. The maximum absolute atomic E-state index is 10.8. The van der Waals surface area contributed by atoms with Crippen molar-refractivity contribution in [3.05, 3.63) is 59.4 Å². The first-order valence-electron chi connectivity index (χ1n) is 12.2. The van der Waals surface area contributed by atoms with Gasteiger partial charge in [0.2, 0.25) is 0 Å². The number of fused-ring (bicyclic) bond motifs is 4. The van der Waals surface area contributed by atoms with Crippen LogP contribution in [0.25, 0.3) is 10.9 Å². The summed E-state index contributed by atoms with van der Waals surface area (Å²) in [5, 5.41) is 10.6. The van der Waals surface area contributed by atoms with Crippen LogP contribution in [0.15, 0.2) is 42.6 Å². The molecule has 5 heterocycles. The molecule has 0 amide bonds. The molecule has 3 aliphatic rings. The van der Waals surface area contributed by atoms with E-state index in [1.165, 1.54) is 11.3 Å². The lowest BCUT2D eigenvalue weighted by molar-refractivity contribution is 0.133. The zero-order chi connectivity index (χ0) is 23.9. The fourth-order valence-electron chi connectivity index (χ4n) is 5.85. The number of carbonyl (C=O) groups is 1. The SMILES string of the molecule is C[C@@H]1CN(c2ccc(C#N)c3ncccc23)C[C@@H]2c3ccc(N4CCN([B]C=O)CC4)nc3CN12. The Hall–Kier alpha value is -3.48. The number of rotatable bonds is 4. The summed E-state index contributed by atoms with van der Waals surface area (Å²) in [6.45, 7) is 8.38. The molecule has 0 saturated carbocycles. The molecule has 0 aliphatic carbocycles. The van der Waals surface area contributed by atoms with Gasteiger partial charge in [-0.3, -0.25) is 9.88 Å². The third-order valence-corrected chi connectivity index (χ3v) is 7.65. The Morgan fingerprint density at radius 1 is 1.09 bits per heavy atom. The van der Waals surface area contributed by atoms with Crippen LogP contribution in [0.2, 0.25) is 0 Å². The van der Waals surface area contributed by atoms with Crippen LogP contribution in [0.4, 0.5) is 11.5 Å². The number of pyridine rings is 2. The van der Waals surface area contributed by atoms with E-state index in [0.717, 1.165) is 74.4 Å². The van der Waals surface area contributed by atoms with Crippen LogP contribution < -0.4 is 9.80 Å². The fraction of sp³-hybridized carbons (Fsp3) is 0.385. The summed E-state index contributed by atoms with van der Waals surface area (Å²) in [5.74, 6) is 1.03. The highest BCUT2D eigenvalue weighted by Crippen LogP contribution is 2.41. The standard InChI is InChI=1S/C26H27BN7O/c1-18-14-32(23-6-4-19(13-28)26-21(23)3-2-8-29-26)16-24-20-5-7-25(30-22(20)15-34(18)24)31-9-11-33(12-10-31)27-17-35/h2-8,17-18,24H,9-12,14-16H2,1H3/t18-,24-/m1/s1. The van der Waals surface area contributed by atoms with Crippen molar-refractivity contribution in [1.29, 1.82) is 5.26 Å². The molecule has 8 nitrogen and oxygen atoms in total. The average Bonchev–Trinajstić information content (AvgIpc) is 3.27. The molecular formula is C26H27BN7O. The maximum Gasteiger partial charge on any atom is 0.293 e. The van der Waals surface area contributed by atoms with E-state index >= 15 is 0 Å². The Kier molecular flexibility index (Phi) is 5.63. The molecule has 2 saturated heterocycles. The summed E-state index contributed by atoms with van der Waals surface area (Å²) in [6, 6.07) is 15.3. The van der Waals surface area contributed by atoms with Crippen LogP contribution in [0.1, 0.15) is 29.8 Å². The number of anilines is 2. The lowest BCUT2D eigenvalue weighted by Crippen LogP contribution is -2.51. The van der Waals surface area contributed by atoms with E-state index in [0.29, 0.717) is 11.6 Å². The van der Waals surface area contributed by atoms with Gasteiger partial charge < -0.3 is 19.4 Å². The van der Waals surface area contributed by atoms with Crippen LogP contribution in [0, 0.1) is 11.3 Å². The number of hydrogen-bond acceptors (Lipinski definition) is 8. The first kappa shape index (κ1) is 22.0. The summed E-state index contributed by atoms with van der Waals surface area (Å²) >= 11 is 0. The summed E-state index contributed by atoms with van der Waals surface area (Å²) in [4.78, 5) is 29.8. The van der Waals surface area contributed by atoms with Gasteiger partial charge in [0.1, 0.15) is 11.9 Å². The van der Waals surface area contributed by atoms with Crippen LogP contribution >= 0.6 is 0 Å². The van der Waals surface area contributed by atoms with Gasteiger partial charge in [-0.1, -0.05) is 6.07 Å². The van der Waals surface area contributed by atoms with E-state index < -0.39 is 0 Å². The average molecular weight is 464 g/mol. The minimum atomic E-state index is 0.289. The van der Waals surface area contributed by atoms with E-state index in [1.54, 1.807) is 13.6 Å². The molecular weight excluding hydrogens is 437 g/mol. The lowest BCUT2D eigenvalue weighted by atomic mass is 9.93. The van der Waals surface area contributed by atoms with Gasteiger partial charge in [0.15, 0.2) is 0 Å². The van der Waals surface area contributed by atoms with Crippen molar-refractivity contribution in [2.24, 2.45) is 0 Å². The fourth-order valence-corrected chi connectivity index (χ4v) is 5.85. The molecule has 1 aromatic carbocycles. The molecule has 0 unspecified atom stereocenters. The van der Waals surface area contributed by atoms with Gasteiger partial charge in [0.25, 0.3) is 7.41 Å². The topological polar surface area (TPSA) is 79.6 Å². The van der Waals surface area contributed by atoms with Gasteiger partial charge in [0.05, 0.1) is 29.0 Å². The van der Waals surface area contributed by atoms with Crippen molar-refractivity contribution in [2.75, 3.05) is 49.1 Å². The molecule has 3 aromatic rings. The highest BCUT2D eigenvalue weighted by molar-refractivity contribution is 6.64. The minimum absolute atomic E-state index is 0.289. The second kappa shape index (κ2) is 8.95. The predicted octanol–water partition coefficient (Wildman–Crippen LogP) is 2.20. The number of hydrogen-bond donors (Lipinski definition) is 0. The van der Waals surface area contributed by atoms with Crippen LogP contribution in [-0.2, 0) is 11.3 Å². The molecule has 0 N–H and O–H groups in total. The van der Waals surface area contributed by atoms with Gasteiger partial charge in [-0.15, -0.1) is 0 Å². The monoisotopic (exact) mass is 464 g/mol. The van der Waals surface area contributed by atoms with E-state index in [1.807, 2.05) is 12.1 Å².